The van der Waals surface area contributed by atoms with E-state index in [-0.39, 0.29) is 5.78 Å². The van der Waals surface area contributed by atoms with Gasteiger partial charge in [0.2, 0.25) is 0 Å². The molecule has 3 heterocycles. The van der Waals surface area contributed by atoms with Crippen LogP contribution in [0.5, 0.6) is 5.75 Å². The van der Waals surface area contributed by atoms with Crippen LogP contribution in [-0.4, -0.2) is 34.4 Å². The van der Waals surface area contributed by atoms with E-state index in [0.717, 1.165) is 43.0 Å². The van der Waals surface area contributed by atoms with Gasteiger partial charge in [-0.15, -0.1) is 0 Å². The van der Waals surface area contributed by atoms with Gasteiger partial charge in [-0.05, 0) is 18.2 Å². The smallest absolute Gasteiger partial charge is 0.170 e. The number of hydrogen-bond acceptors (Lipinski definition) is 5. The largest absolute Gasteiger partial charge is 0.486 e. The van der Waals surface area contributed by atoms with Crippen LogP contribution in [0.3, 0.4) is 0 Å². The van der Waals surface area contributed by atoms with Crippen molar-refractivity contribution >= 4 is 23.2 Å². The summed E-state index contributed by atoms with van der Waals surface area (Å²) >= 11 is 6.04. The molecule has 1 spiro atoms. The number of carbonyl (C=O) groups excluding carboxylic acids is 1. The van der Waals surface area contributed by atoms with Crippen molar-refractivity contribution in [1.29, 1.82) is 0 Å². The fraction of sp³-hybridized carbons (Fsp3) is 0.261. The number of hydrogen-bond donors (Lipinski definition) is 0. The summed E-state index contributed by atoms with van der Waals surface area (Å²) in [5.41, 5.74) is 2.13. The van der Waals surface area contributed by atoms with Crippen LogP contribution in [0.2, 0.25) is 5.02 Å². The fourth-order valence-corrected chi connectivity index (χ4v) is 4.35. The zero-order valence-electron chi connectivity index (χ0n) is 15.8. The number of nitrogens with zero attached hydrogens (tertiary/aromatic N) is 3. The van der Waals surface area contributed by atoms with Crippen LogP contribution in [0.1, 0.15) is 29.6 Å². The lowest BCUT2D eigenvalue weighted by atomic mass is 9.82. The highest BCUT2D eigenvalue weighted by atomic mass is 35.5. The summed E-state index contributed by atoms with van der Waals surface area (Å²) in [6, 6.07) is 17.4. The first-order valence-electron chi connectivity index (χ1n) is 9.76. The van der Waals surface area contributed by atoms with Crippen molar-refractivity contribution in [3.8, 4) is 17.0 Å². The number of piperidine rings is 1. The van der Waals surface area contributed by atoms with Crippen LogP contribution in [-0.2, 0) is 0 Å². The van der Waals surface area contributed by atoms with Crippen molar-refractivity contribution in [3.63, 3.8) is 0 Å². The van der Waals surface area contributed by atoms with Crippen molar-refractivity contribution in [2.75, 3.05) is 18.0 Å². The second-order valence-electron chi connectivity index (χ2n) is 7.64. The molecular weight excluding hydrogens is 386 g/mol. The summed E-state index contributed by atoms with van der Waals surface area (Å²) in [5.74, 6) is 1.66. The molecule has 0 unspecified atom stereocenters. The van der Waals surface area contributed by atoms with Crippen molar-refractivity contribution in [3.05, 3.63) is 71.5 Å². The second kappa shape index (κ2) is 7.16. The summed E-state index contributed by atoms with van der Waals surface area (Å²) in [4.78, 5) is 23.8. The van der Waals surface area contributed by atoms with Gasteiger partial charge in [0.15, 0.2) is 5.78 Å². The van der Waals surface area contributed by atoms with E-state index in [9.17, 15) is 4.79 Å². The third-order valence-electron chi connectivity index (χ3n) is 5.77. The SMILES string of the molecule is O=C1CC2(CCN(c3cc(-c4ccccc4)ncn3)CC2)Oc2ccc(Cl)cc21. The molecule has 1 fully saturated rings. The molecule has 1 aromatic heterocycles. The highest BCUT2D eigenvalue weighted by Crippen LogP contribution is 2.40. The van der Waals surface area contributed by atoms with Gasteiger partial charge in [0, 0.05) is 42.6 Å². The van der Waals surface area contributed by atoms with Crippen molar-refractivity contribution in [1.82, 2.24) is 9.97 Å². The number of ketones is 1. The molecule has 3 aromatic rings. The zero-order valence-corrected chi connectivity index (χ0v) is 16.6. The standard InChI is InChI=1S/C23H20ClN3O2/c24-17-6-7-21-18(12-17)20(28)14-23(29-21)8-10-27(11-9-23)22-13-19(25-15-26-22)16-4-2-1-3-5-16/h1-7,12-13,15H,8-11,14H2. The number of benzene rings is 2. The average molecular weight is 406 g/mol. The molecule has 0 amide bonds. The lowest BCUT2D eigenvalue weighted by molar-refractivity contribution is 0.0231. The van der Waals surface area contributed by atoms with Crippen LogP contribution < -0.4 is 9.64 Å². The van der Waals surface area contributed by atoms with Crippen LogP contribution in [0, 0.1) is 0 Å². The predicted octanol–water partition coefficient (Wildman–Crippen LogP) is 4.80. The summed E-state index contributed by atoms with van der Waals surface area (Å²) in [7, 11) is 0. The van der Waals surface area contributed by atoms with Gasteiger partial charge in [-0.2, -0.15) is 0 Å². The number of ether oxygens (including phenoxy) is 1. The molecule has 2 aliphatic heterocycles. The summed E-state index contributed by atoms with van der Waals surface area (Å²) in [5, 5.41) is 0.560. The van der Waals surface area contributed by atoms with Gasteiger partial charge in [0.1, 0.15) is 23.5 Å². The third-order valence-corrected chi connectivity index (χ3v) is 6.01. The Kier molecular flexibility index (Phi) is 4.47. The van der Waals surface area contributed by atoms with Crippen LogP contribution in [0.25, 0.3) is 11.3 Å². The topological polar surface area (TPSA) is 55.3 Å². The second-order valence-corrected chi connectivity index (χ2v) is 8.08. The average Bonchev–Trinajstić information content (AvgIpc) is 2.76. The molecule has 1 saturated heterocycles. The predicted molar refractivity (Wildman–Crippen MR) is 113 cm³/mol. The maximum atomic E-state index is 12.7. The molecule has 2 aliphatic rings. The molecule has 29 heavy (non-hydrogen) atoms. The molecule has 146 valence electrons. The number of halogens is 1. The molecule has 0 radical (unpaired) electrons. The summed E-state index contributed by atoms with van der Waals surface area (Å²) in [6.07, 6.45) is 3.55. The molecule has 5 rings (SSSR count). The molecule has 0 bridgehead atoms. The number of fused-ring (bicyclic) bond motifs is 1. The van der Waals surface area contributed by atoms with E-state index < -0.39 is 5.60 Å². The molecule has 0 saturated carbocycles. The van der Waals surface area contributed by atoms with Crippen molar-refractivity contribution in [2.24, 2.45) is 0 Å². The Balaban J connectivity index is 1.34. The van der Waals surface area contributed by atoms with Crippen LogP contribution in [0.15, 0.2) is 60.9 Å². The monoisotopic (exact) mass is 405 g/mol. The van der Waals surface area contributed by atoms with Crippen LogP contribution in [0.4, 0.5) is 5.82 Å². The molecule has 6 heteroatoms. The Morgan fingerprint density at radius 3 is 2.59 bits per heavy atom. The van der Waals surface area contributed by atoms with E-state index >= 15 is 0 Å². The lowest BCUT2D eigenvalue weighted by Gasteiger charge is -2.44. The van der Waals surface area contributed by atoms with Crippen LogP contribution >= 0.6 is 11.6 Å². The van der Waals surface area contributed by atoms with Gasteiger partial charge in [-0.1, -0.05) is 41.9 Å². The van der Waals surface area contributed by atoms with E-state index in [4.69, 9.17) is 16.3 Å². The fourth-order valence-electron chi connectivity index (χ4n) is 4.18. The number of aromatic nitrogens is 2. The molecule has 0 atom stereocenters. The minimum Gasteiger partial charge on any atom is -0.486 e. The molecule has 2 aromatic carbocycles. The Morgan fingerprint density at radius 2 is 1.79 bits per heavy atom. The van der Waals surface area contributed by atoms with E-state index in [0.29, 0.717) is 22.8 Å². The summed E-state index contributed by atoms with van der Waals surface area (Å²) < 4.78 is 6.32. The van der Waals surface area contributed by atoms with Gasteiger partial charge < -0.3 is 9.64 Å². The zero-order chi connectivity index (χ0) is 19.8. The van der Waals surface area contributed by atoms with Gasteiger partial charge in [-0.3, -0.25) is 4.79 Å². The van der Waals surface area contributed by atoms with Crippen molar-refractivity contribution < 1.29 is 9.53 Å². The Morgan fingerprint density at radius 1 is 1.00 bits per heavy atom. The molecule has 0 N–H and O–H groups in total. The van der Waals surface area contributed by atoms with E-state index in [1.54, 1.807) is 24.5 Å². The number of Topliss-reactive ketones (excluding diaryl/α,β-unsaturated/α-hetero) is 1. The van der Waals surface area contributed by atoms with E-state index in [1.807, 2.05) is 36.4 Å². The highest BCUT2D eigenvalue weighted by molar-refractivity contribution is 6.31. The molecular formula is C23H20ClN3O2. The van der Waals surface area contributed by atoms with Gasteiger partial charge >= 0.3 is 0 Å². The van der Waals surface area contributed by atoms with Gasteiger partial charge in [-0.25, -0.2) is 9.97 Å². The Labute approximate surface area is 174 Å². The maximum Gasteiger partial charge on any atom is 0.170 e. The van der Waals surface area contributed by atoms with Gasteiger partial charge in [0.05, 0.1) is 17.7 Å². The lowest BCUT2D eigenvalue weighted by Crippen LogP contribution is -2.51. The number of rotatable bonds is 2. The first kappa shape index (κ1) is 18.1. The first-order chi connectivity index (χ1) is 14.1. The molecule has 5 nitrogen and oxygen atoms in total. The van der Waals surface area contributed by atoms with E-state index in [2.05, 4.69) is 14.9 Å². The molecule has 0 aliphatic carbocycles. The minimum atomic E-state index is -0.441. The van der Waals surface area contributed by atoms with Gasteiger partial charge in [0.25, 0.3) is 0 Å². The maximum absolute atomic E-state index is 12.7. The Bertz CT molecular complexity index is 1060. The first-order valence-corrected chi connectivity index (χ1v) is 10.1. The highest BCUT2D eigenvalue weighted by Gasteiger charge is 2.43. The number of carbonyl (C=O) groups is 1. The normalized spacial score (nSPS) is 17.7. The van der Waals surface area contributed by atoms with E-state index in [1.165, 1.54) is 0 Å². The minimum absolute atomic E-state index is 0.107. The van der Waals surface area contributed by atoms with Crippen molar-refractivity contribution in [2.45, 2.75) is 24.9 Å². The third kappa shape index (κ3) is 3.47. The quantitative estimate of drug-likeness (QED) is 0.612. The number of anilines is 1. The summed E-state index contributed by atoms with van der Waals surface area (Å²) in [6.45, 7) is 1.56. The Hall–Kier alpha value is -2.92.